The van der Waals surface area contributed by atoms with E-state index in [9.17, 15) is 0 Å². The molecule has 1 aromatic carbocycles. The van der Waals surface area contributed by atoms with Gasteiger partial charge in [0.15, 0.2) is 17.3 Å². The molecule has 0 saturated carbocycles. The van der Waals surface area contributed by atoms with Gasteiger partial charge >= 0.3 is 0 Å². The Morgan fingerprint density at radius 3 is 2.07 bits per heavy atom. The SMILES string of the molecule is CCN1CCN([C@@H](c2cc(OC)c(OC)c(OC)c2)c2nnnn2C(C)C)CC1. The highest BCUT2D eigenvalue weighted by molar-refractivity contribution is 5.55. The predicted octanol–water partition coefficient (Wildman–Crippen LogP) is 2.01. The number of tetrazole rings is 1. The second-order valence-corrected chi connectivity index (χ2v) is 7.41. The molecule has 2 aromatic rings. The van der Waals surface area contributed by atoms with Crippen LogP contribution in [0.2, 0.25) is 0 Å². The summed E-state index contributed by atoms with van der Waals surface area (Å²) in [6, 6.07) is 4.04. The van der Waals surface area contributed by atoms with Crippen LogP contribution >= 0.6 is 0 Å². The van der Waals surface area contributed by atoms with Crippen molar-refractivity contribution in [2.24, 2.45) is 0 Å². The fourth-order valence-corrected chi connectivity index (χ4v) is 3.87. The molecule has 0 bridgehead atoms. The molecule has 3 rings (SSSR count). The van der Waals surface area contributed by atoms with Gasteiger partial charge in [0.1, 0.15) is 0 Å². The monoisotopic (exact) mass is 404 g/mol. The topological polar surface area (TPSA) is 77.8 Å². The molecule has 1 aliphatic rings. The summed E-state index contributed by atoms with van der Waals surface area (Å²) in [5.74, 6) is 2.65. The standard InChI is InChI=1S/C20H32N6O3/c1-7-24-8-10-25(11-9-24)18(20-21-22-23-26(20)14(2)3)15-12-16(27-4)19(29-6)17(13-15)28-5/h12-14,18H,7-11H2,1-6H3/t18-/m0/s1. The third-order valence-electron chi connectivity index (χ3n) is 5.47. The quantitative estimate of drug-likeness (QED) is 0.661. The number of benzene rings is 1. The van der Waals surface area contributed by atoms with Crippen LogP contribution in [0.3, 0.4) is 0 Å². The minimum absolute atomic E-state index is 0.111. The van der Waals surface area contributed by atoms with Crippen molar-refractivity contribution in [1.82, 2.24) is 30.0 Å². The fraction of sp³-hybridized carbons (Fsp3) is 0.650. The van der Waals surface area contributed by atoms with Crippen LogP contribution in [0.5, 0.6) is 17.2 Å². The average Bonchev–Trinajstić information content (AvgIpc) is 3.23. The highest BCUT2D eigenvalue weighted by Crippen LogP contribution is 2.42. The molecule has 0 spiro atoms. The maximum Gasteiger partial charge on any atom is 0.203 e. The summed E-state index contributed by atoms with van der Waals surface area (Å²) in [5.41, 5.74) is 1.01. The highest BCUT2D eigenvalue weighted by Gasteiger charge is 2.32. The lowest BCUT2D eigenvalue weighted by Gasteiger charge is -2.38. The van der Waals surface area contributed by atoms with E-state index in [1.165, 1.54) is 0 Å². The lowest BCUT2D eigenvalue weighted by Crippen LogP contribution is -2.48. The van der Waals surface area contributed by atoms with Gasteiger partial charge in [0.25, 0.3) is 0 Å². The summed E-state index contributed by atoms with van der Waals surface area (Å²) >= 11 is 0. The van der Waals surface area contributed by atoms with Crippen molar-refractivity contribution >= 4 is 0 Å². The van der Waals surface area contributed by atoms with E-state index >= 15 is 0 Å². The van der Waals surface area contributed by atoms with Crippen molar-refractivity contribution in [1.29, 1.82) is 0 Å². The molecule has 9 nitrogen and oxygen atoms in total. The first-order chi connectivity index (χ1) is 14.0. The Morgan fingerprint density at radius 1 is 0.966 bits per heavy atom. The normalized spacial score (nSPS) is 16.8. The van der Waals surface area contributed by atoms with E-state index in [0.717, 1.165) is 44.1 Å². The predicted molar refractivity (Wildman–Crippen MR) is 110 cm³/mol. The van der Waals surface area contributed by atoms with Crippen LogP contribution in [-0.4, -0.2) is 84.1 Å². The van der Waals surface area contributed by atoms with Crippen molar-refractivity contribution in [3.8, 4) is 17.2 Å². The molecule has 1 aromatic heterocycles. The zero-order valence-electron chi connectivity index (χ0n) is 18.3. The number of hydrogen-bond donors (Lipinski definition) is 0. The molecule has 1 saturated heterocycles. The summed E-state index contributed by atoms with van der Waals surface area (Å²) in [5, 5.41) is 12.6. The van der Waals surface area contributed by atoms with Crippen LogP contribution in [0.4, 0.5) is 0 Å². The van der Waals surface area contributed by atoms with E-state index in [1.54, 1.807) is 21.3 Å². The number of ether oxygens (including phenoxy) is 3. The van der Waals surface area contributed by atoms with E-state index in [1.807, 2.05) is 16.8 Å². The van der Waals surface area contributed by atoms with E-state index in [-0.39, 0.29) is 12.1 Å². The van der Waals surface area contributed by atoms with Crippen molar-refractivity contribution < 1.29 is 14.2 Å². The second-order valence-electron chi connectivity index (χ2n) is 7.41. The Hall–Kier alpha value is -2.39. The molecule has 1 fully saturated rings. The summed E-state index contributed by atoms with van der Waals surface area (Å²) < 4.78 is 18.6. The van der Waals surface area contributed by atoms with Gasteiger partial charge in [-0.1, -0.05) is 6.92 Å². The van der Waals surface area contributed by atoms with Crippen molar-refractivity contribution in [3.63, 3.8) is 0 Å². The van der Waals surface area contributed by atoms with Gasteiger partial charge in [-0.05, 0) is 48.5 Å². The van der Waals surface area contributed by atoms with Crippen LogP contribution in [-0.2, 0) is 0 Å². The number of nitrogens with zero attached hydrogens (tertiary/aromatic N) is 6. The molecule has 29 heavy (non-hydrogen) atoms. The Kier molecular flexibility index (Phi) is 6.92. The minimum atomic E-state index is -0.111. The molecular formula is C20H32N6O3. The van der Waals surface area contributed by atoms with Gasteiger partial charge in [-0.15, -0.1) is 5.10 Å². The maximum absolute atomic E-state index is 5.60. The van der Waals surface area contributed by atoms with Crippen LogP contribution < -0.4 is 14.2 Å². The van der Waals surface area contributed by atoms with Gasteiger partial charge in [-0.3, -0.25) is 4.90 Å². The zero-order chi connectivity index (χ0) is 21.0. The Bertz CT molecular complexity index is 776. The summed E-state index contributed by atoms with van der Waals surface area (Å²) in [6.07, 6.45) is 0. The first kappa shape index (κ1) is 21.3. The molecule has 0 aliphatic carbocycles. The zero-order valence-corrected chi connectivity index (χ0v) is 18.3. The highest BCUT2D eigenvalue weighted by atomic mass is 16.5. The lowest BCUT2D eigenvalue weighted by molar-refractivity contribution is 0.107. The third kappa shape index (κ3) is 4.30. The van der Waals surface area contributed by atoms with Crippen molar-refractivity contribution in [3.05, 3.63) is 23.5 Å². The van der Waals surface area contributed by atoms with E-state index in [0.29, 0.717) is 17.2 Å². The largest absolute Gasteiger partial charge is 0.493 e. The molecule has 0 radical (unpaired) electrons. The van der Waals surface area contributed by atoms with E-state index in [4.69, 9.17) is 14.2 Å². The molecule has 1 aliphatic heterocycles. The average molecular weight is 405 g/mol. The maximum atomic E-state index is 5.60. The van der Waals surface area contributed by atoms with Crippen molar-refractivity contribution in [2.75, 3.05) is 54.1 Å². The Morgan fingerprint density at radius 2 is 1.59 bits per heavy atom. The number of aromatic nitrogens is 4. The number of piperazine rings is 1. The van der Waals surface area contributed by atoms with Gasteiger partial charge in [-0.2, -0.15) is 0 Å². The molecule has 1 atom stereocenters. The number of methoxy groups -OCH3 is 3. The lowest BCUT2D eigenvalue weighted by atomic mass is 10.0. The van der Waals surface area contributed by atoms with Gasteiger partial charge in [0.05, 0.1) is 33.4 Å². The molecule has 0 unspecified atom stereocenters. The van der Waals surface area contributed by atoms with Crippen LogP contribution in [0.1, 0.15) is 44.2 Å². The van der Waals surface area contributed by atoms with Gasteiger partial charge in [-0.25, -0.2) is 4.68 Å². The summed E-state index contributed by atoms with van der Waals surface area (Å²) in [4.78, 5) is 4.88. The van der Waals surface area contributed by atoms with Crippen LogP contribution in [0.25, 0.3) is 0 Å². The Balaban J connectivity index is 2.09. The second kappa shape index (κ2) is 9.41. The number of likely N-dealkylation sites (N-methyl/N-ethyl adjacent to an activating group) is 1. The summed E-state index contributed by atoms with van der Waals surface area (Å²) in [7, 11) is 4.88. The molecule has 0 amide bonds. The molecule has 160 valence electrons. The van der Waals surface area contributed by atoms with E-state index in [2.05, 4.69) is 46.1 Å². The fourth-order valence-electron chi connectivity index (χ4n) is 3.87. The van der Waals surface area contributed by atoms with Crippen LogP contribution in [0, 0.1) is 0 Å². The van der Waals surface area contributed by atoms with Gasteiger partial charge in [0.2, 0.25) is 5.75 Å². The molecule has 0 N–H and O–H groups in total. The van der Waals surface area contributed by atoms with E-state index < -0.39 is 0 Å². The van der Waals surface area contributed by atoms with Crippen molar-refractivity contribution in [2.45, 2.75) is 32.9 Å². The molecule has 9 heteroatoms. The summed E-state index contributed by atoms with van der Waals surface area (Å²) in [6.45, 7) is 11.3. The van der Waals surface area contributed by atoms with Gasteiger partial charge < -0.3 is 19.1 Å². The minimum Gasteiger partial charge on any atom is -0.493 e. The number of rotatable bonds is 8. The van der Waals surface area contributed by atoms with Crippen LogP contribution in [0.15, 0.2) is 12.1 Å². The first-order valence-corrected chi connectivity index (χ1v) is 10.1. The number of hydrogen-bond acceptors (Lipinski definition) is 8. The Labute approximate surface area is 172 Å². The third-order valence-corrected chi connectivity index (χ3v) is 5.47. The molecular weight excluding hydrogens is 372 g/mol. The molecule has 2 heterocycles. The van der Waals surface area contributed by atoms with Gasteiger partial charge in [0, 0.05) is 26.2 Å². The smallest absolute Gasteiger partial charge is 0.203 e. The first-order valence-electron chi connectivity index (χ1n) is 10.1.